The van der Waals surface area contributed by atoms with E-state index in [9.17, 15) is 8.78 Å². The Hall–Kier alpha value is -0.670. The van der Waals surface area contributed by atoms with E-state index < -0.39 is 5.92 Å². The lowest BCUT2D eigenvalue weighted by atomic mass is 10.1. The summed E-state index contributed by atoms with van der Waals surface area (Å²) in [4.78, 5) is 1.65. The first-order valence-corrected chi connectivity index (χ1v) is 5.85. The largest absolute Gasteiger partial charge is 0.296 e. The second kappa shape index (κ2) is 6.16. The van der Waals surface area contributed by atoms with Crippen LogP contribution in [0.5, 0.6) is 0 Å². The first-order valence-electron chi connectivity index (χ1n) is 5.32. The van der Waals surface area contributed by atoms with Crippen LogP contribution in [0.3, 0.4) is 0 Å². The van der Waals surface area contributed by atoms with Crippen LogP contribution in [0.25, 0.3) is 0 Å². The summed E-state index contributed by atoms with van der Waals surface area (Å²) >= 11 is 5.56. The summed E-state index contributed by atoms with van der Waals surface area (Å²) in [6, 6.07) is 7.89. The third-order valence-electron chi connectivity index (χ3n) is 2.47. The van der Waals surface area contributed by atoms with Gasteiger partial charge in [0.05, 0.1) is 6.54 Å². The van der Waals surface area contributed by atoms with Crippen molar-refractivity contribution in [3.8, 4) is 0 Å². The van der Waals surface area contributed by atoms with Crippen LogP contribution < -0.4 is 0 Å². The molecule has 1 aromatic rings. The van der Waals surface area contributed by atoms with Crippen molar-refractivity contribution in [3.05, 3.63) is 35.9 Å². The molecule has 0 saturated carbocycles. The fraction of sp³-hybridized carbons (Fsp3) is 0.500. The zero-order valence-corrected chi connectivity index (χ0v) is 10.1. The molecule has 0 bridgehead atoms. The molecule has 0 aliphatic heterocycles. The topological polar surface area (TPSA) is 3.24 Å². The molecule has 0 fully saturated rings. The number of hydrogen-bond acceptors (Lipinski definition) is 1. The Morgan fingerprint density at radius 3 is 2.38 bits per heavy atom. The highest BCUT2D eigenvalue weighted by molar-refractivity contribution is 6.18. The second-order valence-corrected chi connectivity index (χ2v) is 4.01. The third kappa shape index (κ3) is 3.72. The lowest BCUT2D eigenvalue weighted by molar-refractivity contribution is -0.0355. The fourth-order valence-electron chi connectivity index (χ4n) is 1.52. The van der Waals surface area contributed by atoms with Crippen LogP contribution in [0.15, 0.2) is 30.3 Å². The summed E-state index contributed by atoms with van der Waals surface area (Å²) in [7, 11) is 0. The quantitative estimate of drug-likeness (QED) is 0.697. The van der Waals surface area contributed by atoms with Gasteiger partial charge in [0.1, 0.15) is 0 Å². The standard InChI is InChI=1S/C12H16ClF2N/c1-2-16(9-8-13)10-12(14,15)11-6-4-3-5-7-11/h3-7H,2,8-10H2,1H3. The van der Waals surface area contributed by atoms with Gasteiger partial charge in [0, 0.05) is 18.0 Å². The van der Waals surface area contributed by atoms with Crippen molar-refractivity contribution >= 4 is 11.6 Å². The molecule has 0 amide bonds. The molecule has 0 aliphatic carbocycles. The average molecular weight is 248 g/mol. The van der Waals surface area contributed by atoms with Crippen LogP contribution in [-0.2, 0) is 5.92 Å². The van der Waals surface area contributed by atoms with E-state index >= 15 is 0 Å². The SMILES string of the molecule is CCN(CCCl)CC(F)(F)c1ccccc1. The minimum Gasteiger partial charge on any atom is -0.296 e. The van der Waals surface area contributed by atoms with Crippen LogP contribution in [0, 0.1) is 0 Å². The zero-order chi connectivity index (χ0) is 12.0. The lowest BCUT2D eigenvalue weighted by Gasteiger charge is -2.25. The molecule has 1 rings (SSSR count). The third-order valence-corrected chi connectivity index (χ3v) is 2.64. The van der Waals surface area contributed by atoms with Gasteiger partial charge in [-0.2, -0.15) is 8.78 Å². The Kier molecular flexibility index (Phi) is 5.16. The number of likely N-dealkylation sites (N-methyl/N-ethyl adjacent to an activating group) is 1. The summed E-state index contributed by atoms with van der Waals surface area (Å²) < 4.78 is 27.7. The summed E-state index contributed by atoms with van der Waals surface area (Å²) in [6.07, 6.45) is 0. The summed E-state index contributed by atoms with van der Waals surface area (Å²) in [5.74, 6) is -2.44. The van der Waals surface area contributed by atoms with E-state index in [0.29, 0.717) is 19.0 Å². The van der Waals surface area contributed by atoms with Gasteiger partial charge in [0.15, 0.2) is 0 Å². The summed E-state index contributed by atoms with van der Waals surface area (Å²) in [5.41, 5.74) is 0.0584. The van der Waals surface area contributed by atoms with E-state index in [-0.39, 0.29) is 12.1 Å². The number of hydrogen-bond donors (Lipinski definition) is 0. The van der Waals surface area contributed by atoms with E-state index in [0.717, 1.165) is 0 Å². The second-order valence-electron chi connectivity index (χ2n) is 3.63. The Labute approximate surface area is 100 Å². The smallest absolute Gasteiger partial charge is 0.285 e. The van der Waals surface area contributed by atoms with E-state index in [4.69, 9.17) is 11.6 Å². The Balaban J connectivity index is 2.70. The summed E-state index contributed by atoms with van der Waals surface area (Å²) in [5, 5.41) is 0. The van der Waals surface area contributed by atoms with E-state index in [1.807, 2.05) is 6.92 Å². The number of benzene rings is 1. The zero-order valence-electron chi connectivity index (χ0n) is 9.30. The molecule has 16 heavy (non-hydrogen) atoms. The molecule has 0 atom stereocenters. The van der Waals surface area contributed by atoms with Gasteiger partial charge in [-0.25, -0.2) is 0 Å². The molecule has 0 radical (unpaired) electrons. The van der Waals surface area contributed by atoms with Crippen molar-refractivity contribution in [2.24, 2.45) is 0 Å². The minimum atomic E-state index is -2.82. The van der Waals surface area contributed by atoms with Crippen LogP contribution in [-0.4, -0.2) is 30.4 Å². The van der Waals surface area contributed by atoms with Gasteiger partial charge in [-0.3, -0.25) is 4.90 Å². The van der Waals surface area contributed by atoms with Gasteiger partial charge in [0.2, 0.25) is 0 Å². The first kappa shape index (κ1) is 13.4. The van der Waals surface area contributed by atoms with Crippen molar-refractivity contribution in [2.75, 3.05) is 25.5 Å². The van der Waals surface area contributed by atoms with E-state index in [2.05, 4.69) is 0 Å². The number of alkyl halides is 3. The Bertz CT molecular complexity index is 303. The van der Waals surface area contributed by atoms with Gasteiger partial charge < -0.3 is 0 Å². The monoisotopic (exact) mass is 247 g/mol. The van der Waals surface area contributed by atoms with Crippen molar-refractivity contribution in [2.45, 2.75) is 12.8 Å². The van der Waals surface area contributed by atoms with Crippen LogP contribution in [0.4, 0.5) is 8.78 Å². The predicted molar refractivity (Wildman–Crippen MR) is 63.2 cm³/mol. The minimum absolute atomic E-state index is 0.0584. The number of rotatable bonds is 6. The maximum atomic E-state index is 13.8. The molecule has 0 N–H and O–H groups in total. The van der Waals surface area contributed by atoms with Crippen molar-refractivity contribution in [1.82, 2.24) is 4.90 Å². The molecule has 90 valence electrons. The number of nitrogens with zero attached hydrogens (tertiary/aromatic N) is 1. The number of halogens is 3. The van der Waals surface area contributed by atoms with Crippen molar-refractivity contribution in [1.29, 1.82) is 0 Å². The van der Waals surface area contributed by atoms with Gasteiger partial charge in [-0.15, -0.1) is 11.6 Å². The first-order chi connectivity index (χ1) is 7.60. The predicted octanol–water partition coefficient (Wildman–Crippen LogP) is 3.34. The highest BCUT2D eigenvalue weighted by Crippen LogP contribution is 2.28. The molecular formula is C12H16ClF2N. The average Bonchev–Trinajstić information content (AvgIpc) is 2.29. The molecule has 0 spiro atoms. The highest BCUT2D eigenvalue weighted by atomic mass is 35.5. The lowest BCUT2D eigenvalue weighted by Crippen LogP contribution is -2.36. The molecule has 0 aromatic heterocycles. The van der Waals surface area contributed by atoms with Crippen LogP contribution in [0.2, 0.25) is 0 Å². The fourth-order valence-corrected chi connectivity index (χ4v) is 1.76. The van der Waals surface area contributed by atoms with Crippen molar-refractivity contribution in [3.63, 3.8) is 0 Å². The maximum absolute atomic E-state index is 13.8. The molecular weight excluding hydrogens is 232 g/mol. The molecule has 0 saturated heterocycles. The molecule has 0 aliphatic rings. The van der Waals surface area contributed by atoms with Gasteiger partial charge >= 0.3 is 0 Å². The van der Waals surface area contributed by atoms with E-state index in [1.54, 1.807) is 23.1 Å². The van der Waals surface area contributed by atoms with Crippen molar-refractivity contribution < 1.29 is 8.78 Å². The Morgan fingerprint density at radius 1 is 1.25 bits per heavy atom. The Morgan fingerprint density at radius 2 is 1.88 bits per heavy atom. The van der Waals surface area contributed by atoms with Gasteiger partial charge in [-0.1, -0.05) is 37.3 Å². The van der Waals surface area contributed by atoms with Crippen LogP contribution in [0.1, 0.15) is 12.5 Å². The van der Waals surface area contributed by atoms with E-state index in [1.165, 1.54) is 12.1 Å². The highest BCUT2D eigenvalue weighted by Gasteiger charge is 2.33. The maximum Gasteiger partial charge on any atom is 0.285 e. The molecule has 4 heteroatoms. The molecule has 0 unspecified atom stereocenters. The molecule has 1 aromatic carbocycles. The summed E-state index contributed by atoms with van der Waals surface area (Å²) in [6.45, 7) is 2.64. The normalized spacial score (nSPS) is 12.1. The van der Waals surface area contributed by atoms with Gasteiger partial charge in [-0.05, 0) is 6.54 Å². The molecule has 0 heterocycles. The molecule has 1 nitrogen and oxygen atoms in total. The van der Waals surface area contributed by atoms with Crippen LogP contribution >= 0.6 is 11.6 Å². The van der Waals surface area contributed by atoms with Gasteiger partial charge in [0.25, 0.3) is 5.92 Å².